The molecule has 0 bridgehead atoms. The molecule has 2 aromatic rings. The van der Waals surface area contributed by atoms with Gasteiger partial charge in [0.2, 0.25) is 0 Å². The minimum atomic E-state index is -0.738. The predicted molar refractivity (Wildman–Crippen MR) is 101 cm³/mol. The zero-order valence-electron chi connectivity index (χ0n) is 16.8. The van der Waals surface area contributed by atoms with Crippen LogP contribution in [0.25, 0.3) is 0 Å². The third-order valence-electron chi connectivity index (χ3n) is 5.08. The largest absolute Gasteiger partial charge is 0.497 e. The molecule has 6 nitrogen and oxygen atoms in total. The lowest BCUT2D eigenvalue weighted by Crippen LogP contribution is -2.41. The molecular formula is C19H27BFN3O3. The van der Waals surface area contributed by atoms with Crippen molar-refractivity contribution in [1.29, 1.82) is 0 Å². The van der Waals surface area contributed by atoms with Gasteiger partial charge in [-0.1, -0.05) is 19.9 Å². The van der Waals surface area contributed by atoms with Crippen molar-refractivity contribution < 1.29 is 18.4 Å². The molecule has 0 aliphatic carbocycles. The highest BCUT2D eigenvalue weighted by molar-refractivity contribution is 6.62. The van der Waals surface area contributed by atoms with Gasteiger partial charge in [-0.3, -0.25) is 0 Å². The molecule has 0 radical (unpaired) electrons. The van der Waals surface area contributed by atoms with E-state index in [0.29, 0.717) is 23.0 Å². The van der Waals surface area contributed by atoms with E-state index >= 15 is 0 Å². The van der Waals surface area contributed by atoms with Crippen LogP contribution in [0.1, 0.15) is 47.4 Å². The van der Waals surface area contributed by atoms with E-state index in [-0.39, 0.29) is 6.61 Å². The Balaban J connectivity index is 1.68. The highest BCUT2D eigenvalue weighted by Gasteiger charge is 2.52. The van der Waals surface area contributed by atoms with Crippen molar-refractivity contribution >= 4 is 12.6 Å². The Morgan fingerprint density at radius 2 is 1.85 bits per heavy atom. The molecule has 0 spiro atoms. The van der Waals surface area contributed by atoms with E-state index in [0.717, 1.165) is 6.54 Å². The van der Waals surface area contributed by atoms with E-state index in [1.807, 2.05) is 27.7 Å². The monoisotopic (exact) mass is 375 g/mol. The van der Waals surface area contributed by atoms with Crippen LogP contribution in [0.3, 0.4) is 0 Å². The molecule has 1 aliphatic heterocycles. The van der Waals surface area contributed by atoms with Crippen molar-refractivity contribution in [3.8, 4) is 5.75 Å². The molecule has 2 heterocycles. The molecule has 27 heavy (non-hydrogen) atoms. The van der Waals surface area contributed by atoms with E-state index < -0.39 is 24.1 Å². The first-order valence-electron chi connectivity index (χ1n) is 9.23. The van der Waals surface area contributed by atoms with Gasteiger partial charge in [-0.05, 0) is 39.7 Å². The summed E-state index contributed by atoms with van der Waals surface area (Å²) in [6.07, 6.45) is 1.50. The summed E-state index contributed by atoms with van der Waals surface area (Å²) < 4.78 is 34.0. The first-order chi connectivity index (χ1) is 12.6. The number of benzene rings is 1. The summed E-state index contributed by atoms with van der Waals surface area (Å²) in [6, 6.07) is 4.71. The first-order valence-corrected chi connectivity index (χ1v) is 9.23. The lowest BCUT2D eigenvalue weighted by molar-refractivity contribution is 0.00578. The maximum Gasteiger partial charge on any atom is 0.497 e. The number of halogens is 1. The van der Waals surface area contributed by atoms with Gasteiger partial charge in [0, 0.05) is 18.1 Å². The maximum atomic E-state index is 14.6. The van der Waals surface area contributed by atoms with Gasteiger partial charge in [-0.2, -0.15) is 5.10 Å². The molecule has 3 rings (SSSR count). The molecule has 0 unspecified atom stereocenters. The van der Waals surface area contributed by atoms with Crippen molar-refractivity contribution in [3.63, 3.8) is 0 Å². The van der Waals surface area contributed by atoms with Crippen LogP contribution in [0.5, 0.6) is 5.75 Å². The zero-order valence-corrected chi connectivity index (χ0v) is 16.8. The highest BCUT2D eigenvalue weighted by atomic mass is 19.1. The van der Waals surface area contributed by atoms with E-state index in [1.54, 1.807) is 16.8 Å². The van der Waals surface area contributed by atoms with Crippen LogP contribution in [0.4, 0.5) is 4.39 Å². The summed E-state index contributed by atoms with van der Waals surface area (Å²) in [5.74, 6) is 1.16. The molecule has 1 saturated heterocycles. The Hall–Kier alpha value is -1.93. The van der Waals surface area contributed by atoms with Gasteiger partial charge in [0.1, 0.15) is 24.5 Å². The van der Waals surface area contributed by atoms with Crippen molar-refractivity contribution in [2.24, 2.45) is 5.92 Å². The second kappa shape index (κ2) is 7.24. The zero-order chi connectivity index (χ0) is 19.8. The summed E-state index contributed by atoms with van der Waals surface area (Å²) in [4.78, 5) is 4.21. The number of hydrogen-bond acceptors (Lipinski definition) is 5. The molecule has 8 heteroatoms. The Morgan fingerprint density at radius 1 is 1.19 bits per heavy atom. The van der Waals surface area contributed by atoms with Crippen LogP contribution in [0.2, 0.25) is 0 Å². The van der Waals surface area contributed by atoms with Gasteiger partial charge in [0.05, 0.1) is 11.2 Å². The lowest BCUT2D eigenvalue weighted by atomic mass is 9.78. The first kappa shape index (κ1) is 19.8. The fourth-order valence-corrected chi connectivity index (χ4v) is 2.80. The van der Waals surface area contributed by atoms with Gasteiger partial charge in [-0.25, -0.2) is 14.1 Å². The number of aromatic nitrogens is 3. The van der Waals surface area contributed by atoms with Gasteiger partial charge >= 0.3 is 7.12 Å². The van der Waals surface area contributed by atoms with Gasteiger partial charge in [0.15, 0.2) is 5.82 Å². The molecule has 1 aliphatic rings. The highest BCUT2D eigenvalue weighted by Crippen LogP contribution is 2.36. The number of ether oxygens (including phenoxy) is 1. The van der Waals surface area contributed by atoms with Gasteiger partial charge in [0.25, 0.3) is 0 Å². The molecule has 1 fully saturated rings. The van der Waals surface area contributed by atoms with Gasteiger partial charge < -0.3 is 14.0 Å². The average molecular weight is 375 g/mol. The second-order valence-corrected chi connectivity index (χ2v) is 8.31. The van der Waals surface area contributed by atoms with E-state index in [2.05, 4.69) is 23.9 Å². The van der Waals surface area contributed by atoms with E-state index in [9.17, 15) is 4.39 Å². The molecule has 0 saturated carbocycles. The van der Waals surface area contributed by atoms with Crippen LogP contribution in [-0.4, -0.2) is 33.1 Å². The number of nitrogens with zero attached hydrogens (tertiary/aromatic N) is 3. The Morgan fingerprint density at radius 3 is 2.44 bits per heavy atom. The van der Waals surface area contributed by atoms with E-state index in [4.69, 9.17) is 14.0 Å². The molecule has 1 aromatic heterocycles. The molecular weight excluding hydrogens is 348 g/mol. The molecule has 0 amide bonds. The van der Waals surface area contributed by atoms with Crippen LogP contribution < -0.4 is 10.2 Å². The summed E-state index contributed by atoms with van der Waals surface area (Å²) >= 11 is 0. The SMILES string of the molecule is CC(C)Cn1ncnc1COc1ccc(B2OC(C)(C)C(C)(C)O2)c(F)c1. The molecule has 1 aromatic carbocycles. The molecule has 146 valence electrons. The minimum absolute atomic E-state index is 0.224. The van der Waals surface area contributed by atoms with Gasteiger partial charge in [-0.15, -0.1) is 0 Å². The normalized spacial score (nSPS) is 18.3. The average Bonchev–Trinajstić information content (AvgIpc) is 3.06. The van der Waals surface area contributed by atoms with E-state index in [1.165, 1.54) is 12.4 Å². The number of hydrogen-bond donors (Lipinski definition) is 0. The second-order valence-electron chi connectivity index (χ2n) is 8.31. The summed E-state index contributed by atoms with van der Waals surface area (Å²) in [5, 5.41) is 4.20. The Labute approximate surface area is 160 Å². The van der Waals surface area contributed by atoms with Crippen LogP contribution >= 0.6 is 0 Å². The Kier molecular flexibility index (Phi) is 5.32. The standard InChI is InChI=1S/C19H27BFN3O3/c1-13(2)10-24-17(22-12-23-24)11-25-14-7-8-15(16(21)9-14)20-26-18(3,4)19(5,6)27-20/h7-9,12-13H,10-11H2,1-6H3. The fraction of sp³-hybridized carbons (Fsp3) is 0.579. The van der Waals surface area contributed by atoms with Crippen molar-refractivity contribution in [1.82, 2.24) is 14.8 Å². The smallest absolute Gasteiger partial charge is 0.486 e. The summed E-state index contributed by atoms with van der Waals surface area (Å²) in [6.45, 7) is 13.0. The fourth-order valence-electron chi connectivity index (χ4n) is 2.80. The quantitative estimate of drug-likeness (QED) is 0.727. The number of rotatable bonds is 6. The topological polar surface area (TPSA) is 58.4 Å². The predicted octanol–water partition coefficient (Wildman–Crippen LogP) is 2.95. The third-order valence-corrected chi connectivity index (χ3v) is 5.08. The van der Waals surface area contributed by atoms with Crippen molar-refractivity contribution in [2.75, 3.05) is 0 Å². The molecule has 0 atom stereocenters. The summed E-state index contributed by atoms with van der Waals surface area (Å²) in [5.41, 5.74) is -0.663. The third kappa shape index (κ3) is 4.16. The van der Waals surface area contributed by atoms with Crippen LogP contribution in [0.15, 0.2) is 24.5 Å². The van der Waals surface area contributed by atoms with Crippen LogP contribution in [-0.2, 0) is 22.5 Å². The van der Waals surface area contributed by atoms with Crippen LogP contribution in [0, 0.1) is 11.7 Å². The van der Waals surface area contributed by atoms with Crippen molar-refractivity contribution in [3.05, 3.63) is 36.2 Å². The minimum Gasteiger partial charge on any atom is -0.486 e. The van der Waals surface area contributed by atoms with Crippen molar-refractivity contribution in [2.45, 2.75) is 65.9 Å². The lowest BCUT2D eigenvalue weighted by Gasteiger charge is -2.32. The molecule has 0 N–H and O–H groups in total. The Bertz CT molecular complexity index is 791. The maximum absolute atomic E-state index is 14.6. The summed E-state index contributed by atoms with van der Waals surface area (Å²) in [7, 11) is -0.738.